The molecule has 0 saturated carbocycles. The van der Waals surface area contributed by atoms with Crippen LogP contribution in [0.25, 0.3) is 5.52 Å². The van der Waals surface area contributed by atoms with E-state index in [4.69, 9.17) is 4.74 Å². The molecule has 0 aliphatic heterocycles. The van der Waals surface area contributed by atoms with Crippen molar-refractivity contribution in [3.63, 3.8) is 0 Å². The van der Waals surface area contributed by atoms with Crippen molar-refractivity contribution >= 4 is 22.4 Å². The lowest BCUT2D eigenvalue weighted by Gasteiger charge is -2.03. The number of nitrogens with zero attached hydrogens (tertiary/aromatic N) is 2. The fourth-order valence-corrected chi connectivity index (χ4v) is 2.90. The first-order chi connectivity index (χ1) is 10.3. The van der Waals surface area contributed by atoms with Crippen LogP contribution < -0.4 is 4.74 Å². The Hall–Kier alpha value is -2.27. The molecule has 2 heterocycles. The maximum atomic E-state index is 12.4. The van der Waals surface area contributed by atoms with Crippen molar-refractivity contribution in [1.29, 1.82) is 0 Å². The zero-order chi connectivity index (χ0) is 14.7. The van der Waals surface area contributed by atoms with Gasteiger partial charge >= 0.3 is 0 Å². The number of carbonyl (C=O) groups is 1. The van der Waals surface area contributed by atoms with Crippen LogP contribution >= 0.6 is 11.8 Å². The van der Waals surface area contributed by atoms with Gasteiger partial charge in [0.05, 0.1) is 12.1 Å². The minimum atomic E-state index is -0.0182. The number of benzene rings is 1. The quantitative estimate of drug-likeness (QED) is 0.689. The average molecular weight is 298 g/mol. The van der Waals surface area contributed by atoms with Crippen molar-refractivity contribution in [2.24, 2.45) is 0 Å². The van der Waals surface area contributed by atoms with Crippen molar-refractivity contribution in [2.75, 3.05) is 6.61 Å². The molecule has 4 nitrogen and oxygen atoms in total. The number of pyridine rings is 1. The largest absolute Gasteiger partial charge is 0.476 e. The summed E-state index contributed by atoms with van der Waals surface area (Å²) in [6.45, 7) is 2.41. The zero-order valence-corrected chi connectivity index (χ0v) is 12.3. The highest BCUT2D eigenvalue weighted by Gasteiger charge is 2.18. The van der Waals surface area contributed by atoms with Gasteiger partial charge in [0.25, 0.3) is 0 Å². The third kappa shape index (κ3) is 2.78. The van der Waals surface area contributed by atoms with Gasteiger partial charge in [-0.15, -0.1) is 5.10 Å². The molecule has 0 radical (unpaired) electrons. The van der Waals surface area contributed by atoms with Crippen LogP contribution in [0.1, 0.15) is 17.3 Å². The monoisotopic (exact) mass is 298 g/mol. The maximum Gasteiger partial charge on any atom is 0.248 e. The summed E-state index contributed by atoms with van der Waals surface area (Å²) < 4.78 is 7.28. The predicted molar refractivity (Wildman–Crippen MR) is 83.0 cm³/mol. The van der Waals surface area contributed by atoms with Crippen LogP contribution in [0.4, 0.5) is 0 Å². The fraction of sp³-hybridized carbons (Fsp3) is 0.125. The first-order valence-corrected chi connectivity index (χ1v) is 7.48. The second-order valence-corrected chi connectivity index (χ2v) is 5.34. The van der Waals surface area contributed by atoms with Crippen LogP contribution in [-0.4, -0.2) is 21.3 Å². The molecular weight excluding hydrogens is 284 g/mol. The van der Waals surface area contributed by atoms with Gasteiger partial charge < -0.3 is 4.74 Å². The normalized spacial score (nSPS) is 10.7. The Balaban J connectivity index is 1.99. The molecule has 0 aliphatic carbocycles. The van der Waals surface area contributed by atoms with Crippen LogP contribution in [-0.2, 0) is 0 Å². The van der Waals surface area contributed by atoms with Crippen molar-refractivity contribution in [1.82, 2.24) is 9.61 Å². The van der Waals surface area contributed by atoms with E-state index in [1.165, 1.54) is 0 Å². The van der Waals surface area contributed by atoms with Crippen LogP contribution in [0.15, 0.2) is 59.6 Å². The molecule has 0 saturated heterocycles. The number of hydrogen-bond acceptors (Lipinski definition) is 4. The molecule has 0 unspecified atom stereocenters. The number of carbonyl (C=O) groups excluding carboxylic acids is 1. The molecule has 0 amide bonds. The van der Waals surface area contributed by atoms with Crippen molar-refractivity contribution < 1.29 is 9.53 Å². The minimum Gasteiger partial charge on any atom is -0.476 e. The lowest BCUT2D eigenvalue weighted by atomic mass is 10.2. The van der Waals surface area contributed by atoms with Gasteiger partial charge in [0.2, 0.25) is 11.0 Å². The highest BCUT2D eigenvalue weighted by molar-refractivity contribution is 8.14. The zero-order valence-electron chi connectivity index (χ0n) is 11.5. The maximum absolute atomic E-state index is 12.4. The van der Waals surface area contributed by atoms with E-state index in [1.807, 2.05) is 49.5 Å². The molecule has 3 rings (SSSR count). The Bertz CT molecular complexity index is 768. The van der Waals surface area contributed by atoms with Crippen molar-refractivity contribution in [2.45, 2.75) is 11.8 Å². The number of aromatic nitrogens is 2. The molecule has 3 aromatic rings. The number of ether oxygens (including phenoxy) is 1. The van der Waals surface area contributed by atoms with E-state index in [0.717, 1.165) is 22.2 Å². The molecule has 0 spiro atoms. The Kier molecular flexibility index (Phi) is 3.92. The summed E-state index contributed by atoms with van der Waals surface area (Å²) in [7, 11) is 0. The van der Waals surface area contributed by atoms with Gasteiger partial charge in [-0.25, -0.2) is 4.52 Å². The third-order valence-corrected chi connectivity index (χ3v) is 3.96. The molecule has 0 N–H and O–H groups in total. The molecule has 0 bridgehead atoms. The molecule has 0 fully saturated rings. The minimum absolute atomic E-state index is 0.0182. The summed E-state index contributed by atoms with van der Waals surface area (Å²) >= 11 is 1.15. The standard InChI is InChI=1S/C16H14N2O2S/c1-2-20-15-14(13-10-6-7-11-18(13)17-15)21-16(19)12-8-4-3-5-9-12/h3-11H,2H2,1H3. The van der Waals surface area contributed by atoms with Crippen LogP contribution in [0.2, 0.25) is 0 Å². The predicted octanol–water partition coefficient (Wildman–Crippen LogP) is 3.67. The average Bonchev–Trinajstić information content (AvgIpc) is 2.86. The molecule has 2 aromatic heterocycles. The topological polar surface area (TPSA) is 43.6 Å². The molecule has 0 aliphatic rings. The van der Waals surface area contributed by atoms with Crippen LogP contribution in [0, 0.1) is 0 Å². The lowest BCUT2D eigenvalue weighted by molar-refractivity contribution is 0.108. The summed E-state index contributed by atoms with van der Waals surface area (Å²) in [5.74, 6) is 0.498. The molecular formula is C16H14N2O2S. The Morgan fingerprint density at radius 1 is 1.19 bits per heavy atom. The molecule has 106 valence electrons. The van der Waals surface area contributed by atoms with E-state index in [1.54, 1.807) is 16.6 Å². The summed E-state index contributed by atoms with van der Waals surface area (Å²) in [5, 5.41) is 4.35. The van der Waals surface area contributed by atoms with Gasteiger partial charge in [-0.05, 0) is 30.8 Å². The van der Waals surface area contributed by atoms with Crippen molar-refractivity contribution in [3.8, 4) is 5.88 Å². The molecule has 0 atom stereocenters. The van der Waals surface area contributed by atoms with Gasteiger partial charge in [-0.3, -0.25) is 4.79 Å². The lowest BCUT2D eigenvalue weighted by Crippen LogP contribution is -1.96. The Morgan fingerprint density at radius 2 is 1.95 bits per heavy atom. The highest BCUT2D eigenvalue weighted by Crippen LogP contribution is 2.34. The molecule has 1 aromatic carbocycles. The van der Waals surface area contributed by atoms with E-state index in [2.05, 4.69) is 5.10 Å². The first kappa shape index (κ1) is 13.7. The van der Waals surface area contributed by atoms with E-state index in [-0.39, 0.29) is 5.12 Å². The van der Waals surface area contributed by atoms with E-state index in [0.29, 0.717) is 18.1 Å². The fourth-order valence-electron chi connectivity index (χ4n) is 2.01. The first-order valence-electron chi connectivity index (χ1n) is 6.67. The SMILES string of the molecule is CCOc1nn2ccccc2c1SC(=O)c1ccccc1. The van der Waals surface area contributed by atoms with E-state index >= 15 is 0 Å². The van der Waals surface area contributed by atoms with Gasteiger partial charge in [0.15, 0.2) is 0 Å². The van der Waals surface area contributed by atoms with Crippen LogP contribution in [0.3, 0.4) is 0 Å². The van der Waals surface area contributed by atoms with Gasteiger partial charge in [-0.2, -0.15) is 0 Å². The number of rotatable bonds is 4. The summed E-state index contributed by atoms with van der Waals surface area (Å²) in [5.41, 5.74) is 1.54. The van der Waals surface area contributed by atoms with Crippen LogP contribution in [0.5, 0.6) is 5.88 Å². The van der Waals surface area contributed by atoms with E-state index in [9.17, 15) is 4.79 Å². The third-order valence-electron chi connectivity index (χ3n) is 2.95. The molecule has 5 heteroatoms. The van der Waals surface area contributed by atoms with E-state index < -0.39 is 0 Å². The second-order valence-electron chi connectivity index (χ2n) is 4.35. The van der Waals surface area contributed by atoms with Gasteiger partial charge in [0, 0.05) is 11.8 Å². The summed E-state index contributed by atoms with van der Waals surface area (Å²) in [6, 6.07) is 15.0. The number of thioether (sulfide) groups is 1. The smallest absolute Gasteiger partial charge is 0.248 e. The van der Waals surface area contributed by atoms with Gasteiger partial charge in [0.1, 0.15) is 4.90 Å². The van der Waals surface area contributed by atoms with Crippen molar-refractivity contribution in [3.05, 3.63) is 60.3 Å². The number of hydrogen-bond donors (Lipinski definition) is 0. The highest BCUT2D eigenvalue weighted by atomic mass is 32.2. The Labute approximate surface area is 126 Å². The molecule has 21 heavy (non-hydrogen) atoms. The van der Waals surface area contributed by atoms with Gasteiger partial charge in [-0.1, -0.05) is 36.4 Å². The summed E-state index contributed by atoms with van der Waals surface area (Å²) in [6.07, 6.45) is 1.84. The number of fused-ring (bicyclic) bond motifs is 1. The Morgan fingerprint density at radius 3 is 2.71 bits per heavy atom. The second kappa shape index (κ2) is 6.01. The summed E-state index contributed by atoms with van der Waals surface area (Å²) in [4.78, 5) is 13.1.